The molecule has 0 aliphatic carbocycles. The van der Waals surface area contributed by atoms with Gasteiger partial charge in [0.1, 0.15) is 0 Å². The number of likely N-dealkylation sites (N-methyl/N-ethyl adjacent to an activating group) is 1. The molecular formula is C17H31N5O3. The van der Waals surface area contributed by atoms with Gasteiger partial charge in [0.2, 0.25) is 5.91 Å². The molecule has 0 saturated carbocycles. The highest BCUT2D eigenvalue weighted by Gasteiger charge is 2.27. The predicted molar refractivity (Wildman–Crippen MR) is 93.8 cm³/mol. The number of carbonyl (C=O) groups is 1. The first-order chi connectivity index (χ1) is 11.9. The summed E-state index contributed by atoms with van der Waals surface area (Å²) in [6, 6.07) is -0.195. The predicted octanol–water partition coefficient (Wildman–Crippen LogP) is 0.364. The zero-order valence-electron chi connectivity index (χ0n) is 15.8. The summed E-state index contributed by atoms with van der Waals surface area (Å²) in [5.41, 5.74) is 0.935. The molecule has 1 aromatic heterocycles. The number of aryl methyl sites for hydroxylation is 1. The molecule has 0 spiro atoms. The van der Waals surface area contributed by atoms with E-state index < -0.39 is 0 Å². The molecule has 3 atom stereocenters. The molecule has 1 aliphatic rings. The van der Waals surface area contributed by atoms with Crippen LogP contribution in [0.3, 0.4) is 0 Å². The number of carbonyl (C=O) groups excluding carboxylic acids is 1. The molecule has 8 heteroatoms. The van der Waals surface area contributed by atoms with Crippen LogP contribution in [0.15, 0.2) is 6.20 Å². The van der Waals surface area contributed by atoms with E-state index in [9.17, 15) is 9.90 Å². The Labute approximate surface area is 149 Å². The van der Waals surface area contributed by atoms with E-state index in [0.717, 1.165) is 12.2 Å². The summed E-state index contributed by atoms with van der Waals surface area (Å²) in [4.78, 5) is 16.6. The Balaban J connectivity index is 2.22. The third-order valence-electron chi connectivity index (χ3n) is 4.68. The summed E-state index contributed by atoms with van der Waals surface area (Å²) in [7, 11) is 4.02. The summed E-state index contributed by atoms with van der Waals surface area (Å²) in [5.74, 6) is 0.211. The molecule has 0 radical (unpaired) electrons. The Kier molecular flexibility index (Phi) is 7.34. The van der Waals surface area contributed by atoms with Gasteiger partial charge in [0, 0.05) is 32.0 Å². The van der Waals surface area contributed by atoms with E-state index in [1.807, 2.05) is 25.7 Å². The minimum atomic E-state index is -0.195. The van der Waals surface area contributed by atoms with E-state index in [1.54, 1.807) is 11.1 Å². The smallest absolute Gasteiger partial charge is 0.222 e. The lowest BCUT2D eigenvalue weighted by Gasteiger charge is -2.35. The quantitative estimate of drug-likeness (QED) is 0.842. The van der Waals surface area contributed by atoms with Gasteiger partial charge in [-0.1, -0.05) is 12.1 Å². The van der Waals surface area contributed by atoms with E-state index >= 15 is 0 Å². The van der Waals surface area contributed by atoms with Crippen molar-refractivity contribution >= 4 is 5.91 Å². The minimum Gasteiger partial charge on any atom is -0.394 e. The fraction of sp³-hybridized carbons (Fsp3) is 0.824. The number of nitrogens with zero attached hydrogens (tertiary/aromatic N) is 5. The number of hydrogen-bond donors (Lipinski definition) is 1. The van der Waals surface area contributed by atoms with Crippen molar-refractivity contribution in [3.05, 3.63) is 11.9 Å². The third kappa shape index (κ3) is 5.49. The highest BCUT2D eigenvalue weighted by atomic mass is 16.5. The van der Waals surface area contributed by atoms with Crippen LogP contribution in [0.2, 0.25) is 0 Å². The van der Waals surface area contributed by atoms with Crippen LogP contribution in [0.1, 0.15) is 32.4 Å². The molecule has 1 aliphatic heterocycles. The molecule has 0 fully saturated rings. The van der Waals surface area contributed by atoms with E-state index in [-0.39, 0.29) is 30.6 Å². The van der Waals surface area contributed by atoms with Crippen LogP contribution < -0.4 is 0 Å². The van der Waals surface area contributed by atoms with Gasteiger partial charge < -0.3 is 19.6 Å². The number of fused-ring (bicyclic) bond motifs is 1. The van der Waals surface area contributed by atoms with Gasteiger partial charge in [0.05, 0.1) is 37.3 Å². The molecule has 2 heterocycles. The topological polar surface area (TPSA) is 83.7 Å². The molecule has 0 aromatic carbocycles. The second kappa shape index (κ2) is 9.26. The van der Waals surface area contributed by atoms with Gasteiger partial charge in [0.25, 0.3) is 0 Å². The van der Waals surface area contributed by atoms with E-state index in [0.29, 0.717) is 32.5 Å². The lowest BCUT2D eigenvalue weighted by atomic mass is 10.0. The monoisotopic (exact) mass is 353 g/mol. The van der Waals surface area contributed by atoms with Crippen LogP contribution in [-0.2, 0) is 22.7 Å². The lowest BCUT2D eigenvalue weighted by Crippen LogP contribution is -2.47. The fourth-order valence-electron chi connectivity index (χ4n) is 3.11. The zero-order valence-corrected chi connectivity index (χ0v) is 15.8. The van der Waals surface area contributed by atoms with Crippen LogP contribution in [0.25, 0.3) is 0 Å². The van der Waals surface area contributed by atoms with Gasteiger partial charge in [-0.15, -0.1) is 5.10 Å². The van der Waals surface area contributed by atoms with Crippen LogP contribution >= 0.6 is 0 Å². The summed E-state index contributed by atoms with van der Waals surface area (Å²) < 4.78 is 7.99. The second-order valence-electron chi connectivity index (χ2n) is 7.22. The van der Waals surface area contributed by atoms with E-state index in [2.05, 4.69) is 22.1 Å². The van der Waals surface area contributed by atoms with Crippen LogP contribution in [0.5, 0.6) is 0 Å². The molecule has 8 nitrogen and oxygen atoms in total. The molecule has 2 rings (SSSR count). The zero-order chi connectivity index (χ0) is 18.4. The van der Waals surface area contributed by atoms with Crippen LogP contribution in [-0.4, -0.2) is 81.7 Å². The van der Waals surface area contributed by atoms with Gasteiger partial charge in [-0.05, 0) is 27.4 Å². The number of aliphatic hydroxyl groups excluding tert-OH is 1. The number of ether oxygens (including phenoxy) is 1. The lowest BCUT2D eigenvalue weighted by molar-refractivity contribution is -0.136. The molecule has 0 bridgehead atoms. The van der Waals surface area contributed by atoms with E-state index in [1.165, 1.54) is 0 Å². The Morgan fingerprint density at radius 1 is 1.48 bits per heavy atom. The maximum absolute atomic E-state index is 12.7. The maximum atomic E-state index is 12.7. The standard InChI is InChI=1S/C17H31N5O3/c1-13-9-21(14(2)11-23)17(24)6-5-7-22-15(8-18-19-22)12-25-16(13)10-20(3)4/h8,13-14,16,23H,5-7,9-12H2,1-4H3/t13-,14-,16-/m1/s1. The first-order valence-electron chi connectivity index (χ1n) is 8.96. The number of aromatic nitrogens is 3. The SMILES string of the molecule is C[C@@H]1CN([C@H](C)CO)C(=O)CCCn2nncc2CO[C@@H]1CN(C)C. The van der Waals surface area contributed by atoms with Crippen molar-refractivity contribution in [2.45, 2.75) is 52.0 Å². The van der Waals surface area contributed by atoms with Crippen LogP contribution in [0, 0.1) is 5.92 Å². The number of rotatable bonds is 4. The van der Waals surface area contributed by atoms with Crippen molar-refractivity contribution in [3.63, 3.8) is 0 Å². The second-order valence-corrected chi connectivity index (χ2v) is 7.22. The van der Waals surface area contributed by atoms with Crippen molar-refractivity contribution in [2.75, 3.05) is 33.8 Å². The molecule has 25 heavy (non-hydrogen) atoms. The molecule has 1 amide bonds. The first-order valence-corrected chi connectivity index (χ1v) is 8.96. The van der Waals surface area contributed by atoms with Crippen molar-refractivity contribution in [2.24, 2.45) is 5.92 Å². The van der Waals surface area contributed by atoms with Crippen molar-refractivity contribution in [3.8, 4) is 0 Å². The van der Waals surface area contributed by atoms with Gasteiger partial charge in [0.15, 0.2) is 0 Å². The summed E-state index contributed by atoms with van der Waals surface area (Å²) >= 11 is 0. The average molecular weight is 353 g/mol. The molecule has 142 valence electrons. The number of aliphatic hydroxyl groups is 1. The number of hydrogen-bond acceptors (Lipinski definition) is 6. The Morgan fingerprint density at radius 3 is 2.92 bits per heavy atom. The molecule has 1 N–H and O–H groups in total. The largest absolute Gasteiger partial charge is 0.394 e. The van der Waals surface area contributed by atoms with Gasteiger partial charge >= 0.3 is 0 Å². The molecule has 1 aromatic rings. The Bertz CT molecular complexity index is 548. The molecule has 0 saturated heterocycles. The minimum absolute atomic E-state index is 0.0287. The van der Waals surface area contributed by atoms with Gasteiger partial charge in [-0.2, -0.15) is 0 Å². The summed E-state index contributed by atoms with van der Waals surface area (Å²) in [6.45, 7) is 6.38. The Hall–Kier alpha value is -1.51. The van der Waals surface area contributed by atoms with Crippen molar-refractivity contribution in [1.29, 1.82) is 0 Å². The fourth-order valence-corrected chi connectivity index (χ4v) is 3.11. The summed E-state index contributed by atoms with van der Waals surface area (Å²) in [5, 5.41) is 17.6. The third-order valence-corrected chi connectivity index (χ3v) is 4.68. The molecular weight excluding hydrogens is 322 g/mol. The normalized spacial score (nSPS) is 24.6. The number of amides is 1. The van der Waals surface area contributed by atoms with Gasteiger partial charge in [-0.25, -0.2) is 4.68 Å². The van der Waals surface area contributed by atoms with Crippen LogP contribution in [0.4, 0.5) is 0 Å². The molecule has 0 unspecified atom stereocenters. The van der Waals surface area contributed by atoms with Crippen molar-refractivity contribution < 1.29 is 14.6 Å². The first kappa shape index (κ1) is 19.8. The van der Waals surface area contributed by atoms with Gasteiger partial charge in [-0.3, -0.25) is 4.79 Å². The highest BCUT2D eigenvalue weighted by molar-refractivity contribution is 5.76. The maximum Gasteiger partial charge on any atom is 0.222 e. The van der Waals surface area contributed by atoms with E-state index in [4.69, 9.17) is 4.74 Å². The summed E-state index contributed by atoms with van der Waals surface area (Å²) in [6.07, 6.45) is 2.83. The Morgan fingerprint density at radius 2 is 2.24 bits per heavy atom. The highest BCUT2D eigenvalue weighted by Crippen LogP contribution is 2.17. The van der Waals surface area contributed by atoms with Crippen molar-refractivity contribution in [1.82, 2.24) is 24.8 Å². The average Bonchev–Trinajstić information content (AvgIpc) is 3.01.